The van der Waals surface area contributed by atoms with Crippen molar-refractivity contribution in [3.05, 3.63) is 54.1 Å². The van der Waals surface area contributed by atoms with Crippen LogP contribution in [-0.2, 0) is 0 Å². The zero-order valence-corrected chi connectivity index (χ0v) is 11.5. The van der Waals surface area contributed by atoms with Crippen LogP contribution in [0.4, 0.5) is 11.4 Å². The highest BCUT2D eigenvalue weighted by atomic mass is 32.1. The van der Waals surface area contributed by atoms with E-state index in [1.54, 1.807) is 0 Å². The minimum Gasteiger partial charge on any atom is -0.492 e. The van der Waals surface area contributed by atoms with Crippen LogP contribution in [0.15, 0.2) is 48.5 Å². The second-order valence-corrected chi connectivity index (χ2v) is 4.44. The molecule has 19 heavy (non-hydrogen) atoms. The summed E-state index contributed by atoms with van der Waals surface area (Å²) in [6.07, 6.45) is 0. The molecule has 0 aliphatic rings. The molecule has 0 radical (unpaired) electrons. The quantitative estimate of drug-likeness (QED) is 0.818. The van der Waals surface area contributed by atoms with Gasteiger partial charge in [0.25, 0.3) is 0 Å². The van der Waals surface area contributed by atoms with Crippen molar-refractivity contribution in [2.45, 2.75) is 6.92 Å². The molecule has 0 saturated carbocycles. The highest BCUT2D eigenvalue weighted by molar-refractivity contribution is 7.80. The lowest BCUT2D eigenvalue weighted by Gasteiger charge is -2.12. The van der Waals surface area contributed by atoms with Crippen LogP contribution in [0.2, 0.25) is 0 Å². The summed E-state index contributed by atoms with van der Waals surface area (Å²) in [6.45, 7) is 2.60. The van der Waals surface area contributed by atoms with Gasteiger partial charge in [-0.1, -0.05) is 24.4 Å². The zero-order valence-electron chi connectivity index (χ0n) is 10.7. The smallest absolute Gasteiger partial charge is 0.142 e. The fourth-order valence-electron chi connectivity index (χ4n) is 1.72. The van der Waals surface area contributed by atoms with E-state index in [4.69, 9.17) is 22.7 Å². The van der Waals surface area contributed by atoms with E-state index < -0.39 is 0 Å². The number of thiocarbonyl (C=S) groups is 1. The average Bonchev–Trinajstić information content (AvgIpc) is 2.42. The van der Waals surface area contributed by atoms with Gasteiger partial charge in [-0.3, -0.25) is 0 Å². The van der Waals surface area contributed by atoms with E-state index in [9.17, 15) is 0 Å². The first-order valence-electron chi connectivity index (χ1n) is 6.09. The van der Waals surface area contributed by atoms with Gasteiger partial charge in [-0.25, -0.2) is 0 Å². The largest absolute Gasteiger partial charge is 0.492 e. The van der Waals surface area contributed by atoms with E-state index in [1.807, 2.05) is 55.5 Å². The molecule has 98 valence electrons. The second kappa shape index (κ2) is 6.20. The average molecular weight is 272 g/mol. The Bertz CT molecular complexity index is 567. The summed E-state index contributed by atoms with van der Waals surface area (Å²) >= 11 is 4.93. The first-order valence-corrected chi connectivity index (χ1v) is 6.50. The number of nitrogens with two attached hydrogens (primary N) is 1. The van der Waals surface area contributed by atoms with Crippen LogP contribution in [0.1, 0.15) is 12.5 Å². The van der Waals surface area contributed by atoms with Gasteiger partial charge in [0.05, 0.1) is 12.3 Å². The molecule has 3 N–H and O–H groups in total. The predicted molar refractivity (Wildman–Crippen MR) is 83.2 cm³/mol. The van der Waals surface area contributed by atoms with Crippen molar-refractivity contribution in [3.63, 3.8) is 0 Å². The minimum atomic E-state index is 0.404. The van der Waals surface area contributed by atoms with Crippen molar-refractivity contribution in [3.8, 4) is 5.75 Å². The fraction of sp³-hybridized carbons (Fsp3) is 0.133. The van der Waals surface area contributed by atoms with Crippen LogP contribution in [0.25, 0.3) is 0 Å². The third-order valence-corrected chi connectivity index (χ3v) is 2.87. The van der Waals surface area contributed by atoms with Gasteiger partial charge < -0.3 is 15.8 Å². The Morgan fingerprint density at radius 2 is 1.84 bits per heavy atom. The minimum absolute atomic E-state index is 0.404. The summed E-state index contributed by atoms with van der Waals surface area (Å²) in [5.74, 6) is 0.837. The molecule has 0 unspecified atom stereocenters. The van der Waals surface area contributed by atoms with Crippen LogP contribution in [0.3, 0.4) is 0 Å². The molecule has 4 heteroatoms. The van der Waals surface area contributed by atoms with Gasteiger partial charge >= 0.3 is 0 Å². The van der Waals surface area contributed by atoms with Crippen LogP contribution in [0.5, 0.6) is 5.75 Å². The molecule has 3 nitrogen and oxygen atoms in total. The van der Waals surface area contributed by atoms with Crippen LogP contribution in [0, 0.1) is 0 Å². The molecule has 0 aromatic heterocycles. The lowest BCUT2D eigenvalue weighted by molar-refractivity contribution is 0.342. The maximum atomic E-state index is 5.57. The van der Waals surface area contributed by atoms with Crippen molar-refractivity contribution < 1.29 is 4.74 Å². The lowest BCUT2D eigenvalue weighted by atomic mass is 10.2. The maximum absolute atomic E-state index is 5.57. The number of anilines is 2. The maximum Gasteiger partial charge on any atom is 0.142 e. The third kappa shape index (κ3) is 3.45. The SMILES string of the molecule is CCOc1ccccc1Nc1ccc(C(N)=S)cc1. The van der Waals surface area contributed by atoms with Crippen molar-refractivity contribution >= 4 is 28.6 Å². The molecule has 0 amide bonds. The molecule has 0 saturated heterocycles. The van der Waals surface area contributed by atoms with Gasteiger partial charge in [-0.05, 0) is 43.3 Å². The Balaban J connectivity index is 2.19. The topological polar surface area (TPSA) is 47.3 Å². The molecule has 0 aliphatic carbocycles. The number of nitrogens with one attached hydrogen (secondary N) is 1. The number of para-hydroxylation sites is 2. The molecule has 0 spiro atoms. The normalized spacial score (nSPS) is 9.95. The Labute approximate surface area is 118 Å². The Morgan fingerprint density at radius 3 is 2.47 bits per heavy atom. The van der Waals surface area contributed by atoms with Gasteiger partial charge in [0.15, 0.2) is 0 Å². The van der Waals surface area contributed by atoms with E-state index in [2.05, 4.69) is 5.32 Å². The molecular formula is C15H16N2OS. The molecule has 0 aliphatic heterocycles. The third-order valence-electron chi connectivity index (χ3n) is 2.64. The Kier molecular flexibility index (Phi) is 4.36. The van der Waals surface area contributed by atoms with Gasteiger partial charge in [0.2, 0.25) is 0 Å². The molecule has 0 bridgehead atoms. The highest BCUT2D eigenvalue weighted by Gasteiger charge is 2.03. The fourth-order valence-corrected chi connectivity index (χ4v) is 1.86. The van der Waals surface area contributed by atoms with Crippen LogP contribution >= 0.6 is 12.2 Å². The molecule has 0 heterocycles. The molecule has 0 atom stereocenters. The summed E-state index contributed by atoms with van der Waals surface area (Å²) in [4.78, 5) is 0.404. The molecule has 2 aromatic carbocycles. The number of rotatable bonds is 5. The summed E-state index contributed by atoms with van der Waals surface area (Å²) < 4.78 is 5.57. The first-order chi connectivity index (χ1) is 9.20. The van der Waals surface area contributed by atoms with Gasteiger partial charge in [0.1, 0.15) is 10.7 Å². The van der Waals surface area contributed by atoms with Crippen molar-refractivity contribution in [1.82, 2.24) is 0 Å². The number of ether oxygens (including phenoxy) is 1. The monoisotopic (exact) mass is 272 g/mol. The second-order valence-electron chi connectivity index (χ2n) is 4.00. The van der Waals surface area contributed by atoms with E-state index >= 15 is 0 Å². The molecule has 2 aromatic rings. The van der Waals surface area contributed by atoms with Crippen molar-refractivity contribution in [2.24, 2.45) is 5.73 Å². The number of hydrogen-bond acceptors (Lipinski definition) is 3. The van der Waals surface area contributed by atoms with E-state index in [0.29, 0.717) is 11.6 Å². The standard InChI is InChI=1S/C15H16N2OS/c1-2-18-14-6-4-3-5-13(14)17-12-9-7-11(8-10-12)15(16)19/h3-10,17H,2H2,1H3,(H2,16,19). The predicted octanol–water partition coefficient (Wildman–Crippen LogP) is 3.46. The Hall–Kier alpha value is -2.07. The zero-order chi connectivity index (χ0) is 13.7. The van der Waals surface area contributed by atoms with E-state index in [0.717, 1.165) is 22.7 Å². The van der Waals surface area contributed by atoms with Gasteiger partial charge in [-0.2, -0.15) is 0 Å². The first kappa shape index (κ1) is 13.4. The van der Waals surface area contributed by atoms with Crippen molar-refractivity contribution in [2.75, 3.05) is 11.9 Å². The van der Waals surface area contributed by atoms with Crippen molar-refractivity contribution in [1.29, 1.82) is 0 Å². The van der Waals surface area contributed by atoms with Gasteiger partial charge in [0, 0.05) is 11.3 Å². The molecule has 2 rings (SSSR count). The summed E-state index contributed by atoms with van der Waals surface area (Å²) in [5, 5.41) is 3.31. The lowest BCUT2D eigenvalue weighted by Crippen LogP contribution is -2.08. The highest BCUT2D eigenvalue weighted by Crippen LogP contribution is 2.27. The number of hydrogen-bond donors (Lipinski definition) is 2. The molecular weight excluding hydrogens is 256 g/mol. The summed E-state index contributed by atoms with van der Waals surface area (Å²) in [7, 11) is 0. The summed E-state index contributed by atoms with van der Waals surface area (Å²) in [5.41, 5.74) is 8.33. The number of benzene rings is 2. The van der Waals surface area contributed by atoms with Crippen LogP contribution < -0.4 is 15.8 Å². The summed E-state index contributed by atoms with van der Waals surface area (Å²) in [6, 6.07) is 15.5. The van der Waals surface area contributed by atoms with E-state index in [-0.39, 0.29) is 0 Å². The Morgan fingerprint density at radius 1 is 1.16 bits per heavy atom. The molecule has 0 fully saturated rings. The van der Waals surface area contributed by atoms with Crippen LogP contribution in [-0.4, -0.2) is 11.6 Å². The van der Waals surface area contributed by atoms with E-state index in [1.165, 1.54) is 0 Å². The van der Waals surface area contributed by atoms with Gasteiger partial charge in [-0.15, -0.1) is 0 Å².